The van der Waals surface area contributed by atoms with E-state index in [4.69, 9.17) is 16.6 Å². The smallest absolute Gasteiger partial charge is 0.277 e. The lowest BCUT2D eigenvalue weighted by Crippen LogP contribution is -2.38. The highest BCUT2D eigenvalue weighted by Gasteiger charge is 2.29. The third kappa shape index (κ3) is 2.59. The number of nitrogen functional groups attached to an aromatic ring is 1. The van der Waals surface area contributed by atoms with Gasteiger partial charge in [0.15, 0.2) is 0 Å². The summed E-state index contributed by atoms with van der Waals surface area (Å²) in [6, 6.07) is 5.49. The van der Waals surface area contributed by atoms with Crippen molar-refractivity contribution in [1.29, 1.82) is 10.8 Å². The number of hydrogen-bond donors (Lipinski definition) is 4. The molecule has 0 bridgehead atoms. The Kier molecular flexibility index (Phi) is 3.44. The molecule has 1 fully saturated rings. The van der Waals surface area contributed by atoms with Crippen LogP contribution in [0.4, 0.5) is 11.4 Å². The van der Waals surface area contributed by atoms with Gasteiger partial charge < -0.3 is 16.0 Å². The molecular weight excluding hydrogens is 278 g/mol. The van der Waals surface area contributed by atoms with E-state index in [9.17, 15) is 4.79 Å². The first-order valence-corrected chi connectivity index (χ1v) is 7.28. The van der Waals surface area contributed by atoms with Gasteiger partial charge in [0.2, 0.25) is 0 Å². The van der Waals surface area contributed by atoms with Crippen LogP contribution < -0.4 is 11.1 Å². The first-order valence-electron chi connectivity index (χ1n) is 7.28. The molecule has 1 aliphatic carbocycles. The third-order valence-electron chi connectivity index (χ3n) is 3.99. The second-order valence-corrected chi connectivity index (χ2v) is 5.84. The van der Waals surface area contributed by atoms with Crippen molar-refractivity contribution in [2.24, 2.45) is 5.92 Å². The minimum atomic E-state index is -0.467. The van der Waals surface area contributed by atoms with Crippen molar-refractivity contribution in [3.63, 3.8) is 0 Å². The van der Waals surface area contributed by atoms with Crippen molar-refractivity contribution >= 4 is 34.3 Å². The second-order valence-electron chi connectivity index (χ2n) is 5.84. The molecule has 0 radical (unpaired) electrons. The summed E-state index contributed by atoms with van der Waals surface area (Å²) >= 11 is 0. The maximum atomic E-state index is 11.8. The molecule has 6 heteroatoms. The maximum absolute atomic E-state index is 11.8. The molecule has 1 aromatic carbocycles. The highest BCUT2D eigenvalue weighted by molar-refractivity contribution is 6.75. The maximum Gasteiger partial charge on any atom is 0.277 e. The number of amides is 1. The molecule has 0 saturated heterocycles. The number of rotatable bonds is 4. The minimum absolute atomic E-state index is 0.0665. The van der Waals surface area contributed by atoms with E-state index in [2.05, 4.69) is 5.32 Å². The van der Waals surface area contributed by atoms with Crippen molar-refractivity contribution in [3.05, 3.63) is 30.0 Å². The lowest BCUT2D eigenvalue weighted by atomic mass is 9.94. The molecular formula is C16H19N5O. The summed E-state index contributed by atoms with van der Waals surface area (Å²) in [5, 5.41) is 19.3. The Balaban J connectivity index is 2.00. The monoisotopic (exact) mass is 297 g/mol. The zero-order valence-corrected chi connectivity index (χ0v) is 12.4. The zero-order valence-electron chi connectivity index (χ0n) is 12.4. The summed E-state index contributed by atoms with van der Waals surface area (Å²) in [5.41, 5.74) is 8.29. The number of hydrogen-bond acceptors (Lipinski definition) is 5. The molecule has 1 saturated carbocycles. The zero-order chi connectivity index (χ0) is 15.9. The largest absolute Gasteiger partial charge is 0.399 e. The van der Waals surface area contributed by atoms with Crippen LogP contribution in [0.3, 0.4) is 0 Å². The Labute approximate surface area is 129 Å². The number of carbonyl (C=O) groups excluding carboxylic acids is 1. The van der Waals surface area contributed by atoms with Crippen LogP contribution >= 0.6 is 0 Å². The van der Waals surface area contributed by atoms with E-state index in [0.29, 0.717) is 17.2 Å². The van der Waals surface area contributed by atoms with Crippen LogP contribution in [0.25, 0.3) is 5.57 Å². The molecule has 0 aromatic heterocycles. The number of benzene rings is 1. The lowest BCUT2D eigenvalue weighted by Gasteiger charge is -2.24. The lowest BCUT2D eigenvalue weighted by molar-refractivity contribution is -0.120. The van der Waals surface area contributed by atoms with Gasteiger partial charge in [0.1, 0.15) is 5.71 Å². The summed E-state index contributed by atoms with van der Waals surface area (Å²) in [7, 11) is 1.59. The van der Waals surface area contributed by atoms with Crippen molar-refractivity contribution in [2.45, 2.75) is 12.8 Å². The number of carbonyl (C=O) groups is 1. The SMILES string of the molecule is CN1C=C(c2cc(N)ccc2NCC2CC2)C(=N)C(=N)C1=O. The van der Waals surface area contributed by atoms with Crippen LogP contribution in [0.1, 0.15) is 18.4 Å². The van der Waals surface area contributed by atoms with E-state index in [1.54, 1.807) is 19.3 Å². The summed E-state index contributed by atoms with van der Waals surface area (Å²) in [6.07, 6.45) is 4.09. The first kappa shape index (κ1) is 14.3. The Morgan fingerprint density at radius 2 is 2.05 bits per heavy atom. The molecule has 0 atom stereocenters. The molecule has 0 unspecified atom stereocenters. The molecule has 1 aromatic rings. The fraction of sp³-hybridized carbons (Fsp3) is 0.312. The predicted octanol–water partition coefficient (Wildman–Crippen LogP) is 1.94. The van der Waals surface area contributed by atoms with Gasteiger partial charge in [-0.1, -0.05) is 0 Å². The number of allylic oxidation sites excluding steroid dienone is 1. The van der Waals surface area contributed by atoms with E-state index in [1.807, 2.05) is 12.1 Å². The standard InChI is InChI=1S/C16H19N5O/c1-21-8-12(14(18)15(19)16(21)22)11-6-10(17)4-5-13(11)20-7-9-2-3-9/h4-6,8-9,18-20H,2-3,7,17H2,1H3. The molecule has 1 aliphatic heterocycles. The molecule has 3 rings (SSSR count). The third-order valence-corrected chi connectivity index (χ3v) is 3.99. The number of nitrogens with one attached hydrogen (secondary N) is 3. The van der Waals surface area contributed by atoms with Crippen LogP contribution in [0, 0.1) is 16.7 Å². The van der Waals surface area contributed by atoms with Gasteiger partial charge in [-0.15, -0.1) is 0 Å². The van der Waals surface area contributed by atoms with Gasteiger partial charge in [-0.3, -0.25) is 15.6 Å². The highest BCUT2D eigenvalue weighted by atomic mass is 16.2. The topological polar surface area (TPSA) is 106 Å². The van der Waals surface area contributed by atoms with Crippen LogP contribution in [-0.2, 0) is 4.79 Å². The van der Waals surface area contributed by atoms with E-state index in [-0.39, 0.29) is 11.4 Å². The summed E-state index contributed by atoms with van der Waals surface area (Å²) in [4.78, 5) is 13.1. The Morgan fingerprint density at radius 1 is 1.32 bits per heavy atom. The van der Waals surface area contributed by atoms with Crippen molar-refractivity contribution in [3.8, 4) is 0 Å². The van der Waals surface area contributed by atoms with E-state index in [1.165, 1.54) is 17.7 Å². The average Bonchev–Trinajstić information content (AvgIpc) is 3.32. The van der Waals surface area contributed by atoms with Gasteiger partial charge in [-0.2, -0.15) is 0 Å². The van der Waals surface area contributed by atoms with Crippen LogP contribution in [0.2, 0.25) is 0 Å². The normalized spacial score (nSPS) is 18.5. The first-order chi connectivity index (χ1) is 10.5. The summed E-state index contributed by atoms with van der Waals surface area (Å²) < 4.78 is 0. The molecule has 1 heterocycles. The highest BCUT2D eigenvalue weighted by Crippen LogP contribution is 2.33. The second kappa shape index (κ2) is 5.29. The summed E-state index contributed by atoms with van der Waals surface area (Å²) in [5.74, 6) is 0.248. The Bertz CT molecular complexity index is 702. The molecule has 5 N–H and O–H groups in total. The quantitative estimate of drug-likeness (QED) is 0.638. The number of anilines is 2. The van der Waals surface area contributed by atoms with Gasteiger partial charge in [-0.05, 0) is 37.0 Å². The molecule has 6 nitrogen and oxygen atoms in total. The molecule has 0 spiro atoms. The van der Waals surface area contributed by atoms with Gasteiger partial charge in [0, 0.05) is 42.3 Å². The molecule has 114 valence electrons. The van der Waals surface area contributed by atoms with E-state index < -0.39 is 5.91 Å². The Hall–Kier alpha value is -2.63. The minimum Gasteiger partial charge on any atom is -0.399 e. The predicted molar refractivity (Wildman–Crippen MR) is 88.3 cm³/mol. The van der Waals surface area contributed by atoms with Gasteiger partial charge in [0.25, 0.3) is 5.91 Å². The van der Waals surface area contributed by atoms with Gasteiger partial charge >= 0.3 is 0 Å². The molecule has 2 aliphatic rings. The van der Waals surface area contributed by atoms with Crippen LogP contribution in [0.15, 0.2) is 24.4 Å². The Morgan fingerprint density at radius 3 is 2.73 bits per heavy atom. The van der Waals surface area contributed by atoms with Crippen molar-refractivity contribution < 1.29 is 4.79 Å². The van der Waals surface area contributed by atoms with E-state index >= 15 is 0 Å². The van der Waals surface area contributed by atoms with Crippen LogP contribution in [0.5, 0.6) is 0 Å². The van der Waals surface area contributed by atoms with Gasteiger partial charge in [0.05, 0.1) is 5.71 Å². The van der Waals surface area contributed by atoms with E-state index in [0.717, 1.165) is 17.8 Å². The van der Waals surface area contributed by atoms with Crippen LogP contribution in [-0.4, -0.2) is 35.8 Å². The molecule has 22 heavy (non-hydrogen) atoms. The van der Waals surface area contributed by atoms with Crippen molar-refractivity contribution in [2.75, 3.05) is 24.6 Å². The van der Waals surface area contributed by atoms with Crippen molar-refractivity contribution in [1.82, 2.24) is 4.90 Å². The fourth-order valence-electron chi connectivity index (χ4n) is 2.45. The van der Waals surface area contributed by atoms with Gasteiger partial charge in [-0.25, -0.2) is 0 Å². The number of nitrogens with two attached hydrogens (primary N) is 1. The molecule has 1 amide bonds. The number of nitrogens with zero attached hydrogens (tertiary/aromatic N) is 1. The summed E-state index contributed by atoms with van der Waals surface area (Å²) in [6.45, 7) is 0.893. The average molecular weight is 297 g/mol. The fourth-order valence-corrected chi connectivity index (χ4v) is 2.45.